The average molecular weight is 537 g/mol. The molecule has 7 rings (SSSR count). The van der Waals surface area contributed by atoms with Crippen molar-refractivity contribution in [2.45, 2.75) is 24.7 Å². The first-order valence-electron chi connectivity index (χ1n) is 13.5. The molecule has 0 radical (unpaired) electrons. The second kappa shape index (κ2) is 9.31. The summed E-state index contributed by atoms with van der Waals surface area (Å²) in [6.45, 7) is 1.69. The molecule has 39 heavy (non-hydrogen) atoms. The van der Waals surface area contributed by atoms with Gasteiger partial charge in [0.25, 0.3) is 0 Å². The molecule has 2 aromatic heterocycles. The summed E-state index contributed by atoms with van der Waals surface area (Å²) in [4.78, 5) is 37.2. The minimum atomic E-state index is -0.332. The van der Waals surface area contributed by atoms with Crippen molar-refractivity contribution in [3.8, 4) is 0 Å². The van der Waals surface area contributed by atoms with E-state index in [0.29, 0.717) is 24.7 Å². The maximum absolute atomic E-state index is 13.7. The van der Waals surface area contributed by atoms with E-state index in [9.17, 15) is 9.59 Å². The van der Waals surface area contributed by atoms with E-state index in [1.54, 1.807) is 17.0 Å². The number of aromatic nitrogens is 2. The fourth-order valence-corrected chi connectivity index (χ4v) is 6.86. The third-order valence-corrected chi connectivity index (χ3v) is 9.00. The number of halogens is 1. The number of fused-ring (bicyclic) bond motifs is 2. The molecular formula is C32H29ClN4O2. The molecule has 6 nitrogen and oxygen atoms in total. The van der Waals surface area contributed by atoms with Crippen LogP contribution in [0.25, 0.3) is 21.8 Å². The Morgan fingerprint density at radius 3 is 1.97 bits per heavy atom. The lowest BCUT2D eigenvalue weighted by molar-refractivity contribution is -0.137. The molecule has 0 saturated carbocycles. The highest BCUT2D eigenvalue weighted by Crippen LogP contribution is 2.47. The average Bonchev–Trinajstić information content (AvgIpc) is 3.70. The van der Waals surface area contributed by atoms with Crippen molar-refractivity contribution >= 4 is 50.9 Å². The van der Waals surface area contributed by atoms with Crippen LogP contribution in [0.1, 0.15) is 30.4 Å². The highest BCUT2D eigenvalue weighted by Gasteiger charge is 2.44. The van der Waals surface area contributed by atoms with Crippen molar-refractivity contribution in [1.29, 1.82) is 0 Å². The Morgan fingerprint density at radius 2 is 1.38 bits per heavy atom. The zero-order valence-corrected chi connectivity index (χ0v) is 22.2. The van der Waals surface area contributed by atoms with Crippen molar-refractivity contribution in [1.82, 2.24) is 14.9 Å². The predicted octanol–water partition coefficient (Wildman–Crippen LogP) is 6.26. The van der Waals surface area contributed by atoms with Crippen LogP contribution in [0.5, 0.6) is 0 Å². The molecule has 1 atom stereocenters. The summed E-state index contributed by atoms with van der Waals surface area (Å²) < 4.78 is 0. The molecule has 3 aromatic carbocycles. The number of carbonyl (C=O) groups excluding carboxylic acids is 2. The van der Waals surface area contributed by atoms with Gasteiger partial charge in [-0.25, -0.2) is 0 Å². The van der Waals surface area contributed by atoms with Gasteiger partial charge < -0.3 is 19.8 Å². The Labute approximate surface area is 231 Å². The highest BCUT2D eigenvalue weighted by molar-refractivity contribution is 6.30. The number of amides is 2. The van der Waals surface area contributed by atoms with Gasteiger partial charge in [0, 0.05) is 76.4 Å². The molecule has 0 unspecified atom stereocenters. The zero-order chi connectivity index (χ0) is 26.6. The summed E-state index contributed by atoms with van der Waals surface area (Å²) in [5.74, 6) is -0.271. The smallest absolute Gasteiger partial charge is 0.228 e. The number of hydrogen-bond acceptors (Lipinski definition) is 2. The number of likely N-dealkylation sites (tertiary alicyclic amines) is 1. The number of anilines is 1. The van der Waals surface area contributed by atoms with Gasteiger partial charge in [-0.05, 0) is 60.4 Å². The second-order valence-electron chi connectivity index (χ2n) is 10.8. The first kappa shape index (κ1) is 24.0. The molecule has 4 heterocycles. The number of benzene rings is 3. The Kier molecular flexibility index (Phi) is 5.74. The van der Waals surface area contributed by atoms with Crippen LogP contribution in [0.3, 0.4) is 0 Å². The molecule has 2 N–H and O–H groups in total. The molecular weight excluding hydrogens is 508 g/mol. The van der Waals surface area contributed by atoms with Gasteiger partial charge in [-0.2, -0.15) is 0 Å². The van der Waals surface area contributed by atoms with Crippen LogP contribution in [0.15, 0.2) is 85.2 Å². The Morgan fingerprint density at radius 1 is 0.821 bits per heavy atom. The lowest BCUT2D eigenvalue weighted by Crippen LogP contribution is -2.47. The summed E-state index contributed by atoms with van der Waals surface area (Å²) in [6.07, 6.45) is 6.18. The number of nitrogens with zero attached hydrogens (tertiary/aromatic N) is 2. The summed E-state index contributed by atoms with van der Waals surface area (Å²) >= 11 is 6.03. The fourth-order valence-electron chi connectivity index (χ4n) is 6.73. The van der Waals surface area contributed by atoms with E-state index in [1.807, 2.05) is 17.0 Å². The van der Waals surface area contributed by atoms with E-state index in [1.165, 1.54) is 21.9 Å². The van der Waals surface area contributed by atoms with Gasteiger partial charge in [0.2, 0.25) is 11.8 Å². The molecule has 2 saturated heterocycles. The van der Waals surface area contributed by atoms with Crippen molar-refractivity contribution in [3.05, 3.63) is 101 Å². The minimum absolute atomic E-state index is 0.0142. The summed E-state index contributed by atoms with van der Waals surface area (Å²) in [5.41, 5.74) is 5.35. The van der Waals surface area contributed by atoms with Crippen LogP contribution in [-0.4, -0.2) is 46.3 Å². The van der Waals surface area contributed by atoms with Crippen molar-refractivity contribution in [2.24, 2.45) is 5.92 Å². The SMILES string of the molecule is O=C([C@@H]1CC(=O)N(c2ccc(Cl)cc2)C1)N1CCC(c2c[nH]c3ccccc23)(c2c[nH]c3ccccc23)CC1. The van der Waals surface area contributed by atoms with Gasteiger partial charge in [0.1, 0.15) is 0 Å². The number of carbonyl (C=O) groups is 2. The molecule has 196 valence electrons. The number of aromatic amines is 2. The van der Waals surface area contributed by atoms with Crippen LogP contribution in [0.2, 0.25) is 5.02 Å². The topological polar surface area (TPSA) is 72.2 Å². The molecule has 0 spiro atoms. The maximum atomic E-state index is 13.7. The first-order valence-corrected chi connectivity index (χ1v) is 13.9. The zero-order valence-electron chi connectivity index (χ0n) is 21.5. The van der Waals surface area contributed by atoms with Gasteiger partial charge in [0.15, 0.2) is 0 Å². The quantitative estimate of drug-likeness (QED) is 0.284. The van der Waals surface area contributed by atoms with Crippen LogP contribution in [0.4, 0.5) is 5.69 Å². The minimum Gasteiger partial charge on any atom is -0.361 e. The molecule has 2 fully saturated rings. The largest absolute Gasteiger partial charge is 0.361 e. The van der Waals surface area contributed by atoms with Crippen molar-refractivity contribution < 1.29 is 9.59 Å². The van der Waals surface area contributed by atoms with Crippen LogP contribution >= 0.6 is 11.6 Å². The van der Waals surface area contributed by atoms with E-state index >= 15 is 0 Å². The number of rotatable bonds is 4. The van der Waals surface area contributed by atoms with E-state index < -0.39 is 0 Å². The van der Waals surface area contributed by atoms with Crippen molar-refractivity contribution in [3.63, 3.8) is 0 Å². The van der Waals surface area contributed by atoms with E-state index in [4.69, 9.17) is 11.6 Å². The predicted molar refractivity (Wildman–Crippen MR) is 155 cm³/mol. The molecule has 0 aliphatic carbocycles. The van der Waals surface area contributed by atoms with Gasteiger partial charge >= 0.3 is 0 Å². The Bertz CT molecular complexity index is 1620. The monoisotopic (exact) mass is 536 g/mol. The number of H-pyrrole nitrogens is 2. The summed E-state index contributed by atoms with van der Waals surface area (Å²) in [6, 6.07) is 24.1. The number of nitrogens with one attached hydrogen (secondary N) is 2. The Balaban J connectivity index is 1.18. The van der Waals surface area contributed by atoms with Gasteiger partial charge in [-0.3, -0.25) is 9.59 Å². The lowest BCUT2D eigenvalue weighted by Gasteiger charge is -2.43. The highest BCUT2D eigenvalue weighted by atomic mass is 35.5. The first-order chi connectivity index (χ1) is 19.0. The molecule has 0 bridgehead atoms. The van der Waals surface area contributed by atoms with Crippen LogP contribution in [0, 0.1) is 5.92 Å². The third kappa shape index (κ3) is 3.93. The third-order valence-electron chi connectivity index (χ3n) is 8.75. The maximum Gasteiger partial charge on any atom is 0.228 e. The van der Waals surface area contributed by atoms with E-state index in [0.717, 1.165) is 29.6 Å². The summed E-state index contributed by atoms with van der Waals surface area (Å²) in [7, 11) is 0. The normalized spacial score (nSPS) is 19.3. The van der Waals surface area contributed by atoms with Crippen molar-refractivity contribution in [2.75, 3.05) is 24.5 Å². The van der Waals surface area contributed by atoms with Crippen LogP contribution < -0.4 is 4.90 Å². The molecule has 2 aliphatic heterocycles. The number of hydrogen-bond donors (Lipinski definition) is 2. The van der Waals surface area contributed by atoms with Gasteiger partial charge in [0.05, 0.1) is 5.92 Å². The molecule has 2 amide bonds. The van der Waals surface area contributed by atoms with E-state index in [-0.39, 0.29) is 29.6 Å². The van der Waals surface area contributed by atoms with E-state index in [2.05, 4.69) is 70.9 Å². The summed E-state index contributed by atoms with van der Waals surface area (Å²) in [5, 5.41) is 3.07. The number of para-hydroxylation sites is 2. The molecule has 5 aromatic rings. The van der Waals surface area contributed by atoms with Gasteiger partial charge in [-0.1, -0.05) is 48.0 Å². The standard InChI is InChI=1S/C32H29ClN4O2/c33-22-9-11-23(12-10-22)37-20-21(17-30(37)38)31(39)36-15-13-32(14-16-36,26-18-34-28-7-3-1-5-24(26)28)27-19-35-29-8-4-2-6-25(27)29/h1-12,18-19,21,34-35H,13-17,20H2/t21-/m1/s1. The lowest BCUT2D eigenvalue weighted by atomic mass is 9.67. The molecule has 2 aliphatic rings. The van der Waals surface area contributed by atoms with Gasteiger partial charge in [-0.15, -0.1) is 0 Å². The second-order valence-corrected chi connectivity index (χ2v) is 11.2. The Hall–Kier alpha value is -4.03. The fraction of sp³-hybridized carbons (Fsp3) is 0.250. The number of piperidine rings is 1. The van der Waals surface area contributed by atoms with Crippen LogP contribution in [-0.2, 0) is 15.0 Å². The molecule has 7 heteroatoms.